The second-order valence-corrected chi connectivity index (χ2v) is 9.63. The Kier molecular flexibility index (Phi) is 8.76. The maximum absolute atomic E-state index is 13.0. The second kappa shape index (κ2) is 12.4. The number of aliphatic carboxylic acids is 1. The molecule has 198 valence electrons. The molecule has 1 aliphatic heterocycles. The Morgan fingerprint density at radius 3 is 2.47 bits per heavy atom. The zero-order valence-electron chi connectivity index (χ0n) is 21.1. The minimum Gasteiger partial charge on any atom is -0.491 e. The number of amides is 1. The molecular weight excluding hydrogens is 482 g/mol. The van der Waals surface area contributed by atoms with Gasteiger partial charge in [-0.3, -0.25) is 15.0 Å². The molecule has 1 fully saturated rings. The molecule has 1 saturated heterocycles. The van der Waals surface area contributed by atoms with Gasteiger partial charge >= 0.3 is 5.97 Å². The largest absolute Gasteiger partial charge is 0.491 e. The van der Waals surface area contributed by atoms with E-state index in [0.29, 0.717) is 35.4 Å². The van der Waals surface area contributed by atoms with Gasteiger partial charge in [0.05, 0.1) is 18.4 Å². The number of aliphatic hydroxyl groups is 1. The highest BCUT2D eigenvalue weighted by Crippen LogP contribution is 2.29. The molecule has 3 aromatic carbocycles. The van der Waals surface area contributed by atoms with Crippen molar-refractivity contribution in [3.8, 4) is 5.75 Å². The normalized spacial score (nSPS) is 17.8. The van der Waals surface area contributed by atoms with E-state index in [9.17, 15) is 19.8 Å². The van der Waals surface area contributed by atoms with Crippen LogP contribution in [0.5, 0.6) is 5.75 Å². The van der Waals surface area contributed by atoms with Gasteiger partial charge in [-0.05, 0) is 54.2 Å². The average Bonchev–Trinajstić information content (AvgIpc) is 3.21. The number of likely N-dealkylation sites (tertiary alicyclic amines) is 1. The van der Waals surface area contributed by atoms with Gasteiger partial charge < -0.3 is 25.6 Å². The predicted molar refractivity (Wildman–Crippen MR) is 144 cm³/mol. The number of carbonyl (C=O) groups is 2. The van der Waals surface area contributed by atoms with Crippen LogP contribution in [0.1, 0.15) is 47.6 Å². The van der Waals surface area contributed by atoms with E-state index in [4.69, 9.17) is 15.9 Å². The van der Waals surface area contributed by atoms with Crippen molar-refractivity contribution in [1.82, 2.24) is 4.90 Å². The van der Waals surface area contributed by atoms with Crippen LogP contribution in [0, 0.1) is 11.3 Å². The first-order chi connectivity index (χ1) is 18.3. The standard InChI is InChI=1S/C30H33N3O5/c31-29(32)23-10-4-9-22(16-23)28(36)21-11-13-26(14-12-21)38-19-25-17-24(18-27(34)35)30(37)33(25)15-5-8-20-6-2-1-3-7-20/h1-4,6-7,9-14,16,24-25,28,36H,5,8,15,17-19H2,(H3,31,32)(H,34,35)/t24-,25-,28?/m0/s1. The molecule has 8 nitrogen and oxygen atoms in total. The van der Waals surface area contributed by atoms with Crippen molar-refractivity contribution in [2.75, 3.05) is 13.2 Å². The molecule has 5 N–H and O–H groups in total. The van der Waals surface area contributed by atoms with Gasteiger partial charge in [0, 0.05) is 12.1 Å². The summed E-state index contributed by atoms with van der Waals surface area (Å²) in [5.41, 5.74) is 8.60. The molecule has 0 spiro atoms. The lowest BCUT2D eigenvalue weighted by molar-refractivity contribution is -0.142. The van der Waals surface area contributed by atoms with Gasteiger partial charge in [-0.15, -0.1) is 0 Å². The fourth-order valence-electron chi connectivity index (χ4n) is 4.91. The molecule has 1 aliphatic rings. The second-order valence-electron chi connectivity index (χ2n) is 9.63. The Hall–Kier alpha value is -4.17. The molecule has 0 aromatic heterocycles. The highest BCUT2D eigenvalue weighted by Gasteiger charge is 2.40. The summed E-state index contributed by atoms with van der Waals surface area (Å²) in [4.78, 5) is 26.1. The number of nitrogens with zero attached hydrogens (tertiary/aromatic N) is 1. The smallest absolute Gasteiger partial charge is 0.304 e. The number of benzene rings is 3. The third-order valence-corrected chi connectivity index (χ3v) is 6.91. The minimum atomic E-state index is -0.975. The highest BCUT2D eigenvalue weighted by atomic mass is 16.5. The molecule has 3 atom stereocenters. The first-order valence-corrected chi connectivity index (χ1v) is 12.7. The molecule has 0 radical (unpaired) electrons. The number of carbonyl (C=O) groups excluding carboxylic acids is 1. The van der Waals surface area contributed by atoms with Gasteiger partial charge in [0.25, 0.3) is 0 Å². The van der Waals surface area contributed by atoms with E-state index in [-0.39, 0.29) is 30.8 Å². The van der Waals surface area contributed by atoms with Crippen LogP contribution in [0.2, 0.25) is 0 Å². The van der Waals surface area contributed by atoms with Crippen LogP contribution in [-0.2, 0) is 16.0 Å². The first-order valence-electron chi connectivity index (χ1n) is 12.7. The molecule has 3 aromatic rings. The van der Waals surface area contributed by atoms with Crippen LogP contribution in [0.3, 0.4) is 0 Å². The van der Waals surface area contributed by atoms with Gasteiger partial charge in [-0.2, -0.15) is 0 Å². The Morgan fingerprint density at radius 1 is 1.05 bits per heavy atom. The van der Waals surface area contributed by atoms with Gasteiger partial charge in [-0.25, -0.2) is 0 Å². The zero-order chi connectivity index (χ0) is 27.1. The van der Waals surface area contributed by atoms with Crippen LogP contribution in [0.25, 0.3) is 0 Å². The number of nitrogens with one attached hydrogen (secondary N) is 1. The van der Waals surface area contributed by atoms with E-state index < -0.39 is 18.0 Å². The fraction of sp³-hybridized carbons (Fsp3) is 0.300. The average molecular weight is 516 g/mol. The number of carboxylic acids is 1. The van der Waals surface area contributed by atoms with E-state index in [2.05, 4.69) is 12.1 Å². The summed E-state index contributed by atoms with van der Waals surface area (Å²) in [6.07, 6.45) is 0.999. The lowest BCUT2D eigenvalue weighted by Gasteiger charge is -2.25. The zero-order valence-corrected chi connectivity index (χ0v) is 21.1. The fourth-order valence-corrected chi connectivity index (χ4v) is 4.91. The van der Waals surface area contributed by atoms with Crippen LogP contribution in [0.15, 0.2) is 78.9 Å². The third-order valence-electron chi connectivity index (χ3n) is 6.91. The molecular formula is C30H33N3O5. The molecule has 1 heterocycles. The van der Waals surface area contributed by atoms with Crippen molar-refractivity contribution < 1.29 is 24.5 Å². The van der Waals surface area contributed by atoms with Gasteiger partial charge in [0.15, 0.2) is 0 Å². The van der Waals surface area contributed by atoms with Gasteiger partial charge in [-0.1, -0.05) is 60.7 Å². The quantitative estimate of drug-likeness (QED) is 0.214. The Balaban J connectivity index is 1.38. The number of nitrogens with two attached hydrogens (primary N) is 1. The number of rotatable bonds is 12. The number of amidine groups is 1. The van der Waals surface area contributed by atoms with E-state index in [1.54, 1.807) is 53.4 Å². The number of aliphatic hydroxyl groups excluding tert-OH is 1. The monoisotopic (exact) mass is 515 g/mol. The van der Waals surface area contributed by atoms with Crippen molar-refractivity contribution in [3.05, 3.63) is 101 Å². The number of hydrogen-bond acceptors (Lipinski definition) is 5. The lowest BCUT2D eigenvalue weighted by atomic mass is 9.99. The molecule has 8 heteroatoms. The summed E-state index contributed by atoms with van der Waals surface area (Å²) >= 11 is 0. The van der Waals surface area contributed by atoms with E-state index >= 15 is 0 Å². The predicted octanol–water partition coefficient (Wildman–Crippen LogP) is 3.76. The summed E-state index contributed by atoms with van der Waals surface area (Å²) in [7, 11) is 0. The van der Waals surface area contributed by atoms with Crippen molar-refractivity contribution in [2.45, 2.75) is 37.8 Å². The SMILES string of the molecule is N=C(N)c1cccc(C(O)c2ccc(OC[C@@H]3C[C@@H](CC(=O)O)C(=O)N3CCCc3ccccc3)cc2)c1. The lowest BCUT2D eigenvalue weighted by Crippen LogP contribution is -2.38. The number of ether oxygens (including phenoxy) is 1. The van der Waals surface area contributed by atoms with Crippen LogP contribution >= 0.6 is 0 Å². The summed E-state index contributed by atoms with van der Waals surface area (Å²) < 4.78 is 6.01. The number of hydrogen-bond donors (Lipinski definition) is 4. The summed E-state index contributed by atoms with van der Waals surface area (Å²) in [6.45, 7) is 0.804. The molecule has 0 bridgehead atoms. The Bertz CT molecular complexity index is 1260. The Labute approximate surface area is 222 Å². The summed E-state index contributed by atoms with van der Waals surface area (Å²) in [5, 5.41) is 27.6. The van der Waals surface area contributed by atoms with E-state index in [1.807, 2.05) is 18.2 Å². The topological polar surface area (TPSA) is 137 Å². The number of carboxylic acid groups (broad SMARTS) is 1. The first kappa shape index (κ1) is 26.9. The minimum absolute atomic E-state index is 0.0621. The number of nitrogen functional groups attached to an aromatic ring is 1. The van der Waals surface area contributed by atoms with E-state index in [1.165, 1.54) is 5.56 Å². The van der Waals surface area contributed by atoms with Crippen molar-refractivity contribution in [2.24, 2.45) is 11.7 Å². The third kappa shape index (κ3) is 6.77. The van der Waals surface area contributed by atoms with Gasteiger partial charge in [0.2, 0.25) is 5.91 Å². The molecule has 0 aliphatic carbocycles. The van der Waals surface area contributed by atoms with Crippen LogP contribution in [0.4, 0.5) is 0 Å². The maximum Gasteiger partial charge on any atom is 0.304 e. The molecule has 1 amide bonds. The maximum atomic E-state index is 13.0. The van der Waals surface area contributed by atoms with Crippen LogP contribution < -0.4 is 10.5 Å². The molecule has 38 heavy (non-hydrogen) atoms. The summed E-state index contributed by atoms with van der Waals surface area (Å²) in [6, 6.07) is 23.8. The van der Waals surface area contributed by atoms with Crippen LogP contribution in [-0.4, -0.2) is 52.0 Å². The molecule has 0 saturated carbocycles. The van der Waals surface area contributed by atoms with Crippen molar-refractivity contribution in [1.29, 1.82) is 5.41 Å². The van der Waals surface area contributed by atoms with Gasteiger partial charge in [0.1, 0.15) is 24.3 Å². The number of aryl methyl sites for hydroxylation is 1. The van der Waals surface area contributed by atoms with Crippen molar-refractivity contribution in [3.63, 3.8) is 0 Å². The van der Waals surface area contributed by atoms with E-state index in [0.717, 1.165) is 12.8 Å². The Morgan fingerprint density at radius 2 is 1.79 bits per heavy atom. The van der Waals surface area contributed by atoms with Crippen molar-refractivity contribution >= 4 is 17.7 Å². The molecule has 4 rings (SSSR count). The highest BCUT2D eigenvalue weighted by molar-refractivity contribution is 5.95. The summed E-state index contributed by atoms with van der Waals surface area (Å²) in [5.74, 6) is -1.11. The molecule has 1 unspecified atom stereocenters.